The van der Waals surface area contributed by atoms with Crippen LogP contribution in [0.3, 0.4) is 0 Å². The Balaban J connectivity index is 1.83. The molecule has 23 heavy (non-hydrogen) atoms. The molecule has 7 heteroatoms. The number of pyridine rings is 1. The van der Waals surface area contributed by atoms with Crippen LogP contribution >= 0.6 is 0 Å². The summed E-state index contributed by atoms with van der Waals surface area (Å²) in [5, 5.41) is 4.57. The highest BCUT2D eigenvalue weighted by Gasteiger charge is 2.18. The maximum Gasteiger partial charge on any atom is 0.242 e. The first-order valence-electron chi connectivity index (χ1n) is 7.24. The number of hydrogen-bond donors (Lipinski definition) is 1. The zero-order valence-electron chi connectivity index (χ0n) is 12.9. The van der Waals surface area contributed by atoms with Gasteiger partial charge in [-0.1, -0.05) is 23.4 Å². The molecule has 0 saturated heterocycles. The van der Waals surface area contributed by atoms with E-state index < -0.39 is 10.0 Å². The molecule has 3 rings (SSSR count). The van der Waals surface area contributed by atoms with Crippen molar-refractivity contribution in [1.29, 1.82) is 0 Å². The van der Waals surface area contributed by atoms with E-state index in [4.69, 9.17) is 4.52 Å². The zero-order valence-corrected chi connectivity index (χ0v) is 13.7. The average Bonchev–Trinajstić information content (AvgIpc) is 2.91. The number of nitrogens with zero attached hydrogens (tertiary/aromatic N) is 2. The molecule has 0 saturated carbocycles. The summed E-state index contributed by atoms with van der Waals surface area (Å²) in [5.41, 5.74) is 2.03. The molecule has 0 aliphatic carbocycles. The first-order valence-corrected chi connectivity index (χ1v) is 8.72. The number of sulfonamides is 1. The Hall–Kier alpha value is -2.25. The van der Waals surface area contributed by atoms with E-state index in [1.54, 1.807) is 18.2 Å². The lowest BCUT2D eigenvalue weighted by Crippen LogP contribution is -2.26. The molecular formula is C16H17N3O3S. The Kier molecular flexibility index (Phi) is 4.14. The standard InChI is InChI=1S/C16H17N3O3S/c1-11-6-7-13-4-3-5-15(16(13)18-11)23(20,21)17-9-8-14-10-12(2)19-22-14/h3-7,10,17H,8-9H2,1-2H3. The van der Waals surface area contributed by atoms with Gasteiger partial charge in [0.15, 0.2) is 0 Å². The minimum Gasteiger partial charge on any atom is -0.361 e. The number of fused-ring (bicyclic) bond motifs is 1. The van der Waals surface area contributed by atoms with Crippen molar-refractivity contribution in [3.63, 3.8) is 0 Å². The summed E-state index contributed by atoms with van der Waals surface area (Å²) in [6.07, 6.45) is 0.442. The maximum atomic E-state index is 12.6. The monoisotopic (exact) mass is 331 g/mol. The van der Waals surface area contributed by atoms with Gasteiger partial charge in [0.25, 0.3) is 0 Å². The Labute approximate surface area is 134 Å². The molecule has 1 N–H and O–H groups in total. The second kappa shape index (κ2) is 6.10. The van der Waals surface area contributed by atoms with Crippen LogP contribution in [0.4, 0.5) is 0 Å². The number of para-hydroxylation sites is 1. The molecule has 1 aromatic carbocycles. The molecule has 0 spiro atoms. The van der Waals surface area contributed by atoms with E-state index in [9.17, 15) is 8.42 Å². The zero-order chi connectivity index (χ0) is 16.4. The van der Waals surface area contributed by atoms with Crippen LogP contribution in [0, 0.1) is 13.8 Å². The summed E-state index contributed by atoms with van der Waals surface area (Å²) < 4.78 is 32.8. The van der Waals surface area contributed by atoms with Gasteiger partial charge in [0.1, 0.15) is 10.7 Å². The molecule has 2 heterocycles. The third-order valence-corrected chi connectivity index (χ3v) is 4.94. The highest BCUT2D eigenvalue weighted by atomic mass is 32.2. The largest absolute Gasteiger partial charge is 0.361 e. The van der Waals surface area contributed by atoms with Crippen molar-refractivity contribution < 1.29 is 12.9 Å². The van der Waals surface area contributed by atoms with Crippen molar-refractivity contribution in [1.82, 2.24) is 14.9 Å². The topological polar surface area (TPSA) is 85.1 Å². The molecule has 3 aromatic rings. The van der Waals surface area contributed by atoms with Crippen molar-refractivity contribution >= 4 is 20.9 Å². The SMILES string of the molecule is Cc1cc(CCNS(=O)(=O)c2cccc3ccc(C)nc23)on1. The van der Waals surface area contributed by atoms with Crippen LogP contribution in [0.15, 0.2) is 45.8 Å². The number of benzene rings is 1. The molecule has 0 fully saturated rings. The van der Waals surface area contributed by atoms with Crippen LogP contribution in [-0.2, 0) is 16.4 Å². The van der Waals surface area contributed by atoms with Gasteiger partial charge in [-0.15, -0.1) is 0 Å². The number of aryl methyl sites for hydroxylation is 2. The quantitative estimate of drug-likeness (QED) is 0.776. The van der Waals surface area contributed by atoms with Crippen LogP contribution in [0.1, 0.15) is 17.1 Å². The summed E-state index contributed by atoms with van der Waals surface area (Å²) in [7, 11) is -3.64. The Morgan fingerprint density at radius 3 is 2.70 bits per heavy atom. The number of nitrogens with one attached hydrogen (secondary N) is 1. The van der Waals surface area contributed by atoms with Crippen LogP contribution in [0.25, 0.3) is 10.9 Å². The summed E-state index contributed by atoms with van der Waals surface area (Å²) in [6, 6.07) is 10.6. The van der Waals surface area contributed by atoms with E-state index in [0.717, 1.165) is 16.8 Å². The molecule has 120 valence electrons. The van der Waals surface area contributed by atoms with E-state index in [1.807, 2.05) is 32.0 Å². The maximum absolute atomic E-state index is 12.6. The van der Waals surface area contributed by atoms with E-state index in [2.05, 4.69) is 14.9 Å². The molecule has 6 nitrogen and oxygen atoms in total. The van der Waals surface area contributed by atoms with Gasteiger partial charge >= 0.3 is 0 Å². The smallest absolute Gasteiger partial charge is 0.242 e. The first kappa shape index (κ1) is 15.6. The van der Waals surface area contributed by atoms with Crippen molar-refractivity contribution in [2.45, 2.75) is 25.2 Å². The molecular weight excluding hydrogens is 314 g/mol. The van der Waals surface area contributed by atoms with Crippen molar-refractivity contribution in [2.24, 2.45) is 0 Å². The van der Waals surface area contributed by atoms with Gasteiger partial charge in [-0.3, -0.25) is 4.98 Å². The highest BCUT2D eigenvalue weighted by molar-refractivity contribution is 7.89. The molecule has 0 atom stereocenters. The summed E-state index contributed by atoms with van der Waals surface area (Å²) in [6.45, 7) is 3.89. The second-order valence-corrected chi connectivity index (χ2v) is 7.10. The van der Waals surface area contributed by atoms with Gasteiger partial charge < -0.3 is 4.52 Å². The summed E-state index contributed by atoms with van der Waals surface area (Å²) in [4.78, 5) is 4.55. The Morgan fingerprint density at radius 1 is 1.13 bits per heavy atom. The van der Waals surface area contributed by atoms with E-state index >= 15 is 0 Å². The van der Waals surface area contributed by atoms with E-state index in [-0.39, 0.29) is 11.4 Å². The second-order valence-electron chi connectivity index (χ2n) is 5.36. The van der Waals surface area contributed by atoms with E-state index in [1.165, 1.54) is 0 Å². The van der Waals surface area contributed by atoms with Gasteiger partial charge in [0.05, 0.1) is 11.2 Å². The number of rotatable bonds is 5. The molecule has 0 radical (unpaired) electrons. The Bertz CT molecular complexity index is 948. The molecule has 0 aliphatic heterocycles. The lowest BCUT2D eigenvalue weighted by Gasteiger charge is -2.09. The fraction of sp³-hybridized carbons (Fsp3) is 0.250. The van der Waals surface area contributed by atoms with Crippen LogP contribution < -0.4 is 4.72 Å². The molecule has 0 bridgehead atoms. The molecule has 0 amide bonds. The van der Waals surface area contributed by atoms with Crippen molar-refractivity contribution in [2.75, 3.05) is 6.54 Å². The van der Waals surface area contributed by atoms with Gasteiger partial charge in [0, 0.05) is 30.1 Å². The minimum atomic E-state index is -3.64. The van der Waals surface area contributed by atoms with Crippen LogP contribution in [0.2, 0.25) is 0 Å². The third kappa shape index (κ3) is 3.40. The lowest BCUT2D eigenvalue weighted by molar-refractivity contribution is 0.379. The molecule has 0 aliphatic rings. The van der Waals surface area contributed by atoms with Crippen LogP contribution in [-0.4, -0.2) is 25.1 Å². The van der Waals surface area contributed by atoms with Gasteiger partial charge in [0.2, 0.25) is 10.0 Å². The Morgan fingerprint density at radius 2 is 1.96 bits per heavy atom. The van der Waals surface area contributed by atoms with E-state index in [0.29, 0.717) is 17.7 Å². The predicted molar refractivity (Wildman–Crippen MR) is 86.6 cm³/mol. The minimum absolute atomic E-state index is 0.187. The fourth-order valence-electron chi connectivity index (χ4n) is 2.35. The first-order chi connectivity index (χ1) is 11.0. The van der Waals surface area contributed by atoms with Gasteiger partial charge in [-0.05, 0) is 26.0 Å². The normalized spacial score (nSPS) is 11.9. The van der Waals surface area contributed by atoms with Crippen LogP contribution in [0.5, 0.6) is 0 Å². The summed E-state index contributed by atoms with van der Waals surface area (Å²) in [5.74, 6) is 0.650. The molecule has 2 aromatic heterocycles. The number of aromatic nitrogens is 2. The van der Waals surface area contributed by atoms with Crippen molar-refractivity contribution in [3.05, 3.63) is 53.5 Å². The van der Waals surface area contributed by atoms with Gasteiger partial charge in [-0.2, -0.15) is 0 Å². The van der Waals surface area contributed by atoms with Crippen molar-refractivity contribution in [3.8, 4) is 0 Å². The predicted octanol–water partition coefficient (Wildman–Crippen LogP) is 2.36. The third-order valence-electron chi connectivity index (χ3n) is 3.45. The van der Waals surface area contributed by atoms with Gasteiger partial charge in [-0.25, -0.2) is 13.1 Å². The lowest BCUT2D eigenvalue weighted by atomic mass is 10.2. The fourth-order valence-corrected chi connectivity index (χ4v) is 3.56. The summed E-state index contributed by atoms with van der Waals surface area (Å²) >= 11 is 0. The highest BCUT2D eigenvalue weighted by Crippen LogP contribution is 2.21. The number of hydrogen-bond acceptors (Lipinski definition) is 5. The molecule has 0 unspecified atom stereocenters. The average molecular weight is 331 g/mol.